The van der Waals surface area contributed by atoms with E-state index in [0.29, 0.717) is 11.7 Å². The molecule has 1 saturated heterocycles. The summed E-state index contributed by atoms with van der Waals surface area (Å²) in [6, 6.07) is 10.3. The van der Waals surface area contributed by atoms with E-state index in [1.54, 1.807) is 10.9 Å². The van der Waals surface area contributed by atoms with Gasteiger partial charge in [-0.05, 0) is 51.1 Å². The average Bonchev–Trinajstić information content (AvgIpc) is 3.08. The molecule has 0 unspecified atom stereocenters. The molecule has 1 aromatic carbocycles. The summed E-state index contributed by atoms with van der Waals surface area (Å²) in [4.78, 5) is 19.2. The van der Waals surface area contributed by atoms with Crippen LogP contribution in [-0.4, -0.2) is 57.0 Å². The number of benzene rings is 1. The monoisotopic (exact) mass is 350 g/mol. The van der Waals surface area contributed by atoms with Gasteiger partial charge in [0.2, 0.25) is 0 Å². The van der Waals surface area contributed by atoms with Crippen molar-refractivity contribution in [3.05, 3.63) is 47.9 Å². The van der Waals surface area contributed by atoms with Crippen LogP contribution in [0.5, 0.6) is 0 Å². The van der Waals surface area contributed by atoms with E-state index >= 15 is 0 Å². The Balaban J connectivity index is 1.65. The molecule has 3 aromatic rings. The average molecular weight is 350 g/mol. The van der Waals surface area contributed by atoms with E-state index in [-0.39, 0.29) is 5.91 Å². The standard InChI is InChI=1S/C19H22N6O/c1-13-18(19(26)24-11-8-14(20-2)9-12-24)22-23-25(13)17-7-3-6-16-15(17)5-4-10-21-16/h3-7,10,14,20H,8-9,11-12H2,1-2H3. The normalized spacial score (nSPS) is 15.5. The summed E-state index contributed by atoms with van der Waals surface area (Å²) in [5.41, 5.74) is 2.95. The van der Waals surface area contributed by atoms with Gasteiger partial charge in [-0.3, -0.25) is 9.78 Å². The molecule has 2 aromatic heterocycles. The Morgan fingerprint density at radius 2 is 2.00 bits per heavy atom. The Labute approximate surface area is 152 Å². The fraction of sp³-hybridized carbons (Fsp3) is 0.368. The Morgan fingerprint density at radius 3 is 2.77 bits per heavy atom. The van der Waals surface area contributed by atoms with E-state index in [9.17, 15) is 4.79 Å². The van der Waals surface area contributed by atoms with E-state index < -0.39 is 0 Å². The van der Waals surface area contributed by atoms with Gasteiger partial charge in [0.15, 0.2) is 5.69 Å². The molecule has 1 aliphatic rings. The van der Waals surface area contributed by atoms with Crippen LogP contribution in [0.4, 0.5) is 0 Å². The fourth-order valence-corrected chi connectivity index (χ4v) is 3.55. The maximum Gasteiger partial charge on any atom is 0.276 e. The lowest BCUT2D eigenvalue weighted by atomic mass is 10.0. The van der Waals surface area contributed by atoms with Gasteiger partial charge < -0.3 is 10.2 Å². The summed E-state index contributed by atoms with van der Waals surface area (Å²) >= 11 is 0. The number of aromatic nitrogens is 4. The third-order valence-corrected chi connectivity index (χ3v) is 5.14. The summed E-state index contributed by atoms with van der Waals surface area (Å²) < 4.78 is 1.73. The van der Waals surface area contributed by atoms with Crippen LogP contribution in [0.2, 0.25) is 0 Å². The van der Waals surface area contributed by atoms with Crippen LogP contribution in [0, 0.1) is 6.92 Å². The first-order valence-corrected chi connectivity index (χ1v) is 8.92. The summed E-state index contributed by atoms with van der Waals surface area (Å²) in [5.74, 6) is -0.0401. The van der Waals surface area contributed by atoms with Crippen molar-refractivity contribution in [3.63, 3.8) is 0 Å². The first-order chi connectivity index (χ1) is 12.7. The van der Waals surface area contributed by atoms with Crippen molar-refractivity contribution in [3.8, 4) is 5.69 Å². The number of hydrogen-bond donors (Lipinski definition) is 1. The molecule has 7 nitrogen and oxygen atoms in total. The highest BCUT2D eigenvalue weighted by atomic mass is 16.2. The molecule has 1 fully saturated rings. The molecule has 7 heteroatoms. The number of carbonyl (C=O) groups excluding carboxylic acids is 1. The van der Waals surface area contributed by atoms with Crippen molar-refractivity contribution in [2.75, 3.05) is 20.1 Å². The number of pyridine rings is 1. The summed E-state index contributed by atoms with van der Waals surface area (Å²) in [7, 11) is 1.97. The van der Waals surface area contributed by atoms with Crippen LogP contribution in [-0.2, 0) is 0 Å². The fourth-order valence-electron chi connectivity index (χ4n) is 3.55. The molecule has 0 radical (unpaired) electrons. The molecule has 1 N–H and O–H groups in total. The van der Waals surface area contributed by atoms with Gasteiger partial charge in [0.25, 0.3) is 5.91 Å². The van der Waals surface area contributed by atoms with Crippen molar-refractivity contribution in [1.82, 2.24) is 30.2 Å². The third kappa shape index (κ3) is 2.84. The second-order valence-corrected chi connectivity index (χ2v) is 6.64. The lowest BCUT2D eigenvalue weighted by Gasteiger charge is -2.31. The number of nitrogens with one attached hydrogen (secondary N) is 1. The predicted octanol–water partition coefficient (Wildman–Crippen LogP) is 1.95. The zero-order valence-corrected chi connectivity index (χ0v) is 15.0. The van der Waals surface area contributed by atoms with Gasteiger partial charge in [-0.25, -0.2) is 4.68 Å². The molecule has 1 amide bonds. The van der Waals surface area contributed by atoms with Gasteiger partial charge >= 0.3 is 0 Å². The zero-order chi connectivity index (χ0) is 18.1. The van der Waals surface area contributed by atoms with Gasteiger partial charge in [-0.1, -0.05) is 11.3 Å². The molecule has 4 rings (SSSR count). The van der Waals surface area contributed by atoms with Crippen LogP contribution in [0.3, 0.4) is 0 Å². The summed E-state index contributed by atoms with van der Waals surface area (Å²) in [5, 5.41) is 12.7. The van der Waals surface area contributed by atoms with Gasteiger partial charge in [0.1, 0.15) is 0 Å². The molecule has 134 valence electrons. The minimum atomic E-state index is -0.0401. The number of carbonyl (C=O) groups is 1. The topological polar surface area (TPSA) is 75.9 Å². The molecule has 0 aliphatic carbocycles. The van der Waals surface area contributed by atoms with Gasteiger partial charge in [-0.15, -0.1) is 5.10 Å². The van der Waals surface area contributed by atoms with Crippen LogP contribution in [0.1, 0.15) is 29.0 Å². The highest BCUT2D eigenvalue weighted by Gasteiger charge is 2.27. The third-order valence-electron chi connectivity index (χ3n) is 5.14. The van der Waals surface area contributed by atoms with Gasteiger partial charge in [0.05, 0.1) is 16.9 Å². The lowest BCUT2D eigenvalue weighted by Crippen LogP contribution is -2.44. The van der Waals surface area contributed by atoms with Crippen LogP contribution >= 0.6 is 0 Å². The van der Waals surface area contributed by atoms with Crippen LogP contribution in [0.25, 0.3) is 16.6 Å². The lowest BCUT2D eigenvalue weighted by molar-refractivity contribution is 0.0700. The Kier molecular flexibility index (Phi) is 4.38. The number of nitrogens with zero attached hydrogens (tertiary/aromatic N) is 5. The summed E-state index contributed by atoms with van der Waals surface area (Å²) in [6.07, 6.45) is 3.69. The largest absolute Gasteiger partial charge is 0.337 e. The highest BCUT2D eigenvalue weighted by molar-refractivity contribution is 5.94. The number of rotatable bonds is 3. The Bertz CT molecular complexity index is 937. The van der Waals surface area contributed by atoms with E-state index in [1.165, 1.54) is 0 Å². The van der Waals surface area contributed by atoms with Crippen LogP contribution < -0.4 is 5.32 Å². The first kappa shape index (κ1) is 16.7. The van der Waals surface area contributed by atoms with Crippen molar-refractivity contribution < 1.29 is 4.79 Å². The van der Waals surface area contributed by atoms with E-state index in [1.807, 2.05) is 49.2 Å². The molecule has 0 saturated carbocycles. The second-order valence-electron chi connectivity index (χ2n) is 6.64. The quantitative estimate of drug-likeness (QED) is 0.781. The molecular formula is C19H22N6O. The molecule has 0 atom stereocenters. The molecule has 26 heavy (non-hydrogen) atoms. The molecule has 3 heterocycles. The van der Waals surface area contributed by atoms with E-state index in [0.717, 1.165) is 48.2 Å². The molecular weight excluding hydrogens is 328 g/mol. The number of piperidine rings is 1. The number of amides is 1. The molecule has 1 aliphatic heterocycles. The number of likely N-dealkylation sites (tertiary alicyclic amines) is 1. The summed E-state index contributed by atoms with van der Waals surface area (Å²) in [6.45, 7) is 3.38. The van der Waals surface area contributed by atoms with Crippen molar-refractivity contribution >= 4 is 16.8 Å². The zero-order valence-electron chi connectivity index (χ0n) is 15.0. The molecule has 0 bridgehead atoms. The Morgan fingerprint density at radius 1 is 1.19 bits per heavy atom. The van der Waals surface area contributed by atoms with Crippen molar-refractivity contribution in [2.24, 2.45) is 0 Å². The van der Waals surface area contributed by atoms with Gasteiger partial charge in [0, 0.05) is 30.7 Å². The van der Waals surface area contributed by atoms with Crippen molar-refractivity contribution in [1.29, 1.82) is 0 Å². The Hall–Kier alpha value is -2.80. The van der Waals surface area contributed by atoms with Crippen LogP contribution in [0.15, 0.2) is 36.5 Å². The van der Waals surface area contributed by atoms with Crippen molar-refractivity contribution in [2.45, 2.75) is 25.8 Å². The minimum Gasteiger partial charge on any atom is -0.337 e. The predicted molar refractivity (Wildman–Crippen MR) is 99.4 cm³/mol. The number of hydrogen-bond acceptors (Lipinski definition) is 5. The maximum absolute atomic E-state index is 12.9. The SMILES string of the molecule is CNC1CCN(C(=O)c2nnn(-c3cccc4ncccc34)c2C)CC1. The van der Waals surface area contributed by atoms with E-state index in [4.69, 9.17) is 0 Å². The first-order valence-electron chi connectivity index (χ1n) is 8.92. The molecule has 0 spiro atoms. The number of fused-ring (bicyclic) bond motifs is 1. The highest BCUT2D eigenvalue weighted by Crippen LogP contribution is 2.22. The smallest absolute Gasteiger partial charge is 0.276 e. The van der Waals surface area contributed by atoms with E-state index in [2.05, 4.69) is 20.6 Å². The second kappa shape index (κ2) is 6.84. The minimum absolute atomic E-state index is 0.0401. The maximum atomic E-state index is 12.9. The van der Waals surface area contributed by atoms with Gasteiger partial charge in [-0.2, -0.15) is 0 Å².